The minimum Gasteiger partial charge on any atom is -0.379 e. The minimum absolute atomic E-state index is 0.194. The van der Waals surface area contributed by atoms with Gasteiger partial charge in [-0.1, -0.05) is 17.7 Å². The fraction of sp³-hybridized carbons (Fsp3) is 0.588. The van der Waals surface area contributed by atoms with Gasteiger partial charge in [-0.15, -0.1) is 0 Å². The van der Waals surface area contributed by atoms with Gasteiger partial charge in [-0.3, -0.25) is 0 Å². The molecule has 26 heavy (non-hydrogen) atoms. The number of anilines is 1. The first-order valence-corrected chi connectivity index (χ1v) is 10.2. The first-order chi connectivity index (χ1) is 12.4. The highest BCUT2D eigenvalue weighted by Gasteiger charge is 2.34. The maximum atomic E-state index is 12.7. The normalized spacial score (nSPS) is 20.2. The van der Waals surface area contributed by atoms with Gasteiger partial charge in [0.1, 0.15) is 0 Å². The molecule has 1 aromatic carbocycles. The number of urea groups is 1. The molecule has 2 aliphatic heterocycles. The summed E-state index contributed by atoms with van der Waals surface area (Å²) >= 11 is 0. The Labute approximate surface area is 154 Å². The zero-order valence-electron chi connectivity index (χ0n) is 15.3. The molecule has 2 fully saturated rings. The number of aryl methyl sites for hydroxylation is 2. The SMILES string of the molecule is Cc1ccc(NC(=O)N2CCN(S(=O)(=O)N3CCOCC3)CC2)c(C)c1. The second kappa shape index (κ2) is 7.91. The molecule has 1 N–H and O–H groups in total. The predicted octanol–water partition coefficient (Wildman–Crippen LogP) is 1.03. The molecule has 0 radical (unpaired) electrons. The van der Waals surface area contributed by atoms with Crippen molar-refractivity contribution >= 4 is 21.9 Å². The second-order valence-electron chi connectivity index (χ2n) is 6.65. The number of nitrogens with zero attached hydrogens (tertiary/aromatic N) is 3. The number of hydrogen-bond donors (Lipinski definition) is 1. The summed E-state index contributed by atoms with van der Waals surface area (Å²) in [6.45, 7) is 6.95. The predicted molar refractivity (Wildman–Crippen MR) is 99.4 cm³/mol. The van der Waals surface area contributed by atoms with Crippen molar-refractivity contribution in [3.63, 3.8) is 0 Å². The Kier molecular flexibility index (Phi) is 5.81. The number of amides is 2. The van der Waals surface area contributed by atoms with Crippen LogP contribution in [0.1, 0.15) is 11.1 Å². The Morgan fingerprint density at radius 2 is 1.62 bits per heavy atom. The number of hydrogen-bond acceptors (Lipinski definition) is 4. The summed E-state index contributed by atoms with van der Waals surface area (Å²) in [6, 6.07) is 5.67. The maximum Gasteiger partial charge on any atom is 0.321 e. The molecule has 144 valence electrons. The fourth-order valence-corrected chi connectivity index (χ4v) is 4.77. The highest BCUT2D eigenvalue weighted by Crippen LogP contribution is 2.18. The number of carbonyl (C=O) groups excluding carboxylic acids is 1. The van der Waals surface area contributed by atoms with E-state index in [9.17, 15) is 13.2 Å². The van der Waals surface area contributed by atoms with E-state index in [1.807, 2.05) is 32.0 Å². The summed E-state index contributed by atoms with van der Waals surface area (Å²) < 4.78 is 33.5. The van der Waals surface area contributed by atoms with Gasteiger partial charge in [0.2, 0.25) is 0 Å². The third-order valence-electron chi connectivity index (χ3n) is 4.77. The summed E-state index contributed by atoms with van der Waals surface area (Å²) in [7, 11) is -3.48. The molecule has 2 heterocycles. The first kappa shape index (κ1) is 19.1. The van der Waals surface area contributed by atoms with Gasteiger partial charge in [0.25, 0.3) is 10.2 Å². The van der Waals surface area contributed by atoms with Gasteiger partial charge in [-0.2, -0.15) is 17.0 Å². The van der Waals surface area contributed by atoms with Crippen molar-refractivity contribution in [2.45, 2.75) is 13.8 Å². The van der Waals surface area contributed by atoms with E-state index in [0.29, 0.717) is 52.5 Å². The Hall–Kier alpha value is -1.68. The molecular weight excluding hydrogens is 356 g/mol. The van der Waals surface area contributed by atoms with Gasteiger partial charge in [-0.25, -0.2) is 4.79 Å². The molecule has 2 saturated heterocycles. The number of morpholine rings is 1. The molecule has 8 nitrogen and oxygen atoms in total. The van der Waals surface area contributed by atoms with Gasteiger partial charge >= 0.3 is 6.03 Å². The van der Waals surface area contributed by atoms with E-state index < -0.39 is 10.2 Å². The lowest BCUT2D eigenvalue weighted by atomic mass is 10.1. The lowest BCUT2D eigenvalue weighted by Gasteiger charge is -2.37. The van der Waals surface area contributed by atoms with E-state index in [2.05, 4.69) is 5.32 Å². The highest BCUT2D eigenvalue weighted by atomic mass is 32.2. The van der Waals surface area contributed by atoms with Crippen LogP contribution in [0, 0.1) is 13.8 Å². The molecule has 0 atom stereocenters. The molecule has 0 unspecified atom stereocenters. The summed E-state index contributed by atoms with van der Waals surface area (Å²) in [5.41, 5.74) is 2.93. The van der Waals surface area contributed by atoms with Crippen molar-refractivity contribution in [1.29, 1.82) is 0 Å². The van der Waals surface area contributed by atoms with Crippen LogP contribution in [0.15, 0.2) is 18.2 Å². The fourth-order valence-electron chi connectivity index (χ4n) is 3.21. The molecule has 2 amide bonds. The number of nitrogens with one attached hydrogen (secondary N) is 1. The Bertz CT molecular complexity index is 754. The zero-order valence-corrected chi connectivity index (χ0v) is 16.1. The molecule has 0 aromatic heterocycles. The van der Waals surface area contributed by atoms with Crippen LogP contribution in [0.2, 0.25) is 0 Å². The van der Waals surface area contributed by atoms with Crippen LogP contribution in [0.5, 0.6) is 0 Å². The second-order valence-corrected chi connectivity index (χ2v) is 8.58. The number of ether oxygens (including phenoxy) is 1. The smallest absolute Gasteiger partial charge is 0.321 e. The van der Waals surface area contributed by atoms with Crippen molar-refractivity contribution in [2.75, 3.05) is 57.8 Å². The number of piperazine rings is 1. The molecule has 9 heteroatoms. The summed E-state index contributed by atoms with van der Waals surface area (Å²) in [4.78, 5) is 14.1. The highest BCUT2D eigenvalue weighted by molar-refractivity contribution is 7.86. The van der Waals surface area contributed by atoms with Crippen LogP contribution in [-0.2, 0) is 14.9 Å². The molecule has 0 bridgehead atoms. The van der Waals surface area contributed by atoms with Gasteiger partial charge < -0.3 is 15.0 Å². The van der Waals surface area contributed by atoms with Gasteiger partial charge in [-0.05, 0) is 25.5 Å². The topological polar surface area (TPSA) is 82.2 Å². The lowest BCUT2D eigenvalue weighted by molar-refractivity contribution is 0.0691. The van der Waals surface area contributed by atoms with Gasteiger partial charge in [0.15, 0.2) is 0 Å². The number of benzene rings is 1. The van der Waals surface area contributed by atoms with Crippen LogP contribution in [0.3, 0.4) is 0 Å². The van der Waals surface area contributed by atoms with E-state index in [0.717, 1.165) is 16.8 Å². The Balaban J connectivity index is 1.56. The van der Waals surface area contributed by atoms with Crippen LogP contribution in [-0.4, -0.2) is 80.4 Å². The Morgan fingerprint density at radius 3 is 2.23 bits per heavy atom. The van der Waals surface area contributed by atoms with Crippen LogP contribution >= 0.6 is 0 Å². The van der Waals surface area contributed by atoms with E-state index in [4.69, 9.17) is 4.74 Å². The number of rotatable bonds is 3. The third kappa shape index (κ3) is 4.17. The average molecular weight is 382 g/mol. The molecule has 2 aliphatic rings. The number of carbonyl (C=O) groups is 1. The maximum absolute atomic E-state index is 12.7. The van der Waals surface area contributed by atoms with Crippen molar-refractivity contribution < 1.29 is 17.9 Å². The van der Waals surface area contributed by atoms with Gasteiger partial charge in [0.05, 0.1) is 13.2 Å². The summed E-state index contributed by atoms with van der Waals surface area (Å²) in [5.74, 6) is 0. The molecule has 1 aromatic rings. The largest absolute Gasteiger partial charge is 0.379 e. The van der Waals surface area contributed by atoms with E-state index in [1.54, 1.807) is 4.90 Å². The molecular formula is C17H26N4O4S. The van der Waals surface area contributed by atoms with E-state index in [-0.39, 0.29) is 6.03 Å². The van der Waals surface area contributed by atoms with Crippen molar-refractivity contribution in [1.82, 2.24) is 13.5 Å². The Morgan fingerprint density at radius 1 is 1.00 bits per heavy atom. The average Bonchev–Trinajstić information content (AvgIpc) is 2.65. The zero-order chi connectivity index (χ0) is 18.7. The molecule has 0 aliphatic carbocycles. The van der Waals surface area contributed by atoms with Crippen LogP contribution in [0.25, 0.3) is 0 Å². The summed E-state index contributed by atoms with van der Waals surface area (Å²) in [5, 5.41) is 2.92. The standard InChI is InChI=1S/C17H26N4O4S/c1-14-3-4-16(15(2)13-14)18-17(22)19-5-7-20(8-6-19)26(23,24)21-9-11-25-12-10-21/h3-4,13H,5-12H2,1-2H3,(H,18,22). The molecule has 0 spiro atoms. The summed E-state index contributed by atoms with van der Waals surface area (Å²) in [6.07, 6.45) is 0. The van der Waals surface area contributed by atoms with Crippen molar-refractivity contribution in [2.24, 2.45) is 0 Å². The van der Waals surface area contributed by atoms with Crippen LogP contribution in [0.4, 0.5) is 10.5 Å². The third-order valence-corrected chi connectivity index (χ3v) is 6.81. The van der Waals surface area contributed by atoms with Crippen molar-refractivity contribution in [3.8, 4) is 0 Å². The van der Waals surface area contributed by atoms with Crippen LogP contribution < -0.4 is 5.32 Å². The van der Waals surface area contributed by atoms with Gasteiger partial charge in [0, 0.05) is 45.0 Å². The quantitative estimate of drug-likeness (QED) is 0.847. The molecule has 0 saturated carbocycles. The van der Waals surface area contributed by atoms with E-state index in [1.165, 1.54) is 8.61 Å². The monoisotopic (exact) mass is 382 g/mol. The lowest BCUT2D eigenvalue weighted by Crippen LogP contribution is -2.56. The molecule has 3 rings (SSSR count). The minimum atomic E-state index is -3.48. The van der Waals surface area contributed by atoms with E-state index >= 15 is 0 Å². The van der Waals surface area contributed by atoms with Crippen molar-refractivity contribution in [3.05, 3.63) is 29.3 Å². The first-order valence-electron chi connectivity index (χ1n) is 8.84.